The number of rotatable bonds is 12. The number of esters is 1. The molecule has 0 aliphatic carbocycles. The third kappa shape index (κ3) is 6.82. The fourth-order valence-corrected chi connectivity index (χ4v) is 3.59. The van der Waals surface area contributed by atoms with Gasteiger partial charge in [0.2, 0.25) is 4.74 Å². The number of unbranched alkanes of at least 4 members (excludes halogenated alkanes) is 4. The maximum atomic E-state index is 11.9. The first-order chi connectivity index (χ1) is 13.5. The summed E-state index contributed by atoms with van der Waals surface area (Å²) in [6.07, 6.45) is 5.80. The highest BCUT2D eigenvalue weighted by molar-refractivity contribution is 7.16. The van der Waals surface area contributed by atoms with Gasteiger partial charge in [0.25, 0.3) is 0 Å². The Labute approximate surface area is 170 Å². The van der Waals surface area contributed by atoms with Crippen LogP contribution >= 0.6 is 11.3 Å². The average Bonchev–Trinajstić information content (AvgIpc) is 2.70. The standard InChI is InChI=1S/C22H30O5S/c1-4-16(2)22(24)27-13-9-7-5-6-8-12-26-19-15-21(23)28-20-14-17(25-3)10-11-18(19)20/h10-11,14-16H,4-9,12-13H2,1-3H3. The van der Waals surface area contributed by atoms with Crippen molar-refractivity contribution in [2.75, 3.05) is 20.3 Å². The third-order valence-corrected chi connectivity index (χ3v) is 5.60. The number of methoxy groups -OCH3 is 1. The van der Waals surface area contributed by atoms with Gasteiger partial charge in [-0.05, 0) is 37.5 Å². The SMILES string of the molecule is CCC(C)C(=O)OCCCCCCCOc1cc(=O)sc2cc(OC)ccc12. The lowest BCUT2D eigenvalue weighted by molar-refractivity contribution is -0.148. The van der Waals surface area contributed by atoms with Gasteiger partial charge in [-0.25, -0.2) is 0 Å². The van der Waals surface area contributed by atoms with Crippen LogP contribution in [0.5, 0.6) is 11.5 Å². The first-order valence-corrected chi connectivity index (χ1v) is 10.8. The lowest BCUT2D eigenvalue weighted by Gasteiger charge is -2.10. The Morgan fingerprint density at radius 1 is 1.07 bits per heavy atom. The normalized spacial score (nSPS) is 12.0. The van der Waals surface area contributed by atoms with E-state index in [4.69, 9.17) is 14.2 Å². The van der Waals surface area contributed by atoms with E-state index in [0.29, 0.717) is 19.0 Å². The van der Waals surface area contributed by atoms with Crippen LogP contribution in [-0.2, 0) is 9.53 Å². The molecule has 0 radical (unpaired) electrons. The second kappa shape index (κ2) is 11.7. The summed E-state index contributed by atoms with van der Waals surface area (Å²) in [6.45, 7) is 4.97. The molecule has 1 aromatic heterocycles. The molecule has 0 saturated heterocycles. The zero-order valence-electron chi connectivity index (χ0n) is 17.0. The number of carbonyl (C=O) groups excluding carboxylic acids is 1. The number of hydrogen-bond acceptors (Lipinski definition) is 6. The van der Waals surface area contributed by atoms with Crippen LogP contribution in [-0.4, -0.2) is 26.3 Å². The number of hydrogen-bond donors (Lipinski definition) is 0. The number of benzene rings is 1. The zero-order valence-corrected chi connectivity index (χ0v) is 17.8. The summed E-state index contributed by atoms with van der Waals surface area (Å²) in [4.78, 5) is 23.5. The molecule has 0 fully saturated rings. The maximum absolute atomic E-state index is 11.9. The van der Waals surface area contributed by atoms with Gasteiger partial charge in [-0.3, -0.25) is 9.59 Å². The minimum Gasteiger partial charge on any atom is -0.497 e. The highest BCUT2D eigenvalue weighted by Gasteiger charge is 2.11. The van der Waals surface area contributed by atoms with E-state index in [0.717, 1.165) is 54.4 Å². The molecule has 0 amide bonds. The van der Waals surface area contributed by atoms with E-state index in [-0.39, 0.29) is 16.6 Å². The van der Waals surface area contributed by atoms with E-state index in [1.807, 2.05) is 32.0 Å². The molecule has 1 unspecified atom stereocenters. The Balaban J connectivity index is 1.67. The van der Waals surface area contributed by atoms with Gasteiger partial charge in [-0.15, -0.1) is 0 Å². The first kappa shape index (κ1) is 22.2. The van der Waals surface area contributed by atoms with Crippen molar-refractivity contribution in [1.29, 1.82) is 0 Å². The summed E-state index contributed by atoms with van der Waals surface area (Å²) < 4.78 is 17.2. The molecule has 0 aliphatic heterocycles. The molecule has 5 nitrogen and oxygen atoms in total. The third-order valence-electron chi connectivity index (χ3n) is 4.72. The topological polar surface area (TPSA) is 61.8 Å². The Morgan fingerprint density at radius 3 is 2.50 bits per heavy atom. The smallest absolute Gasteiger partial charge is 0.308 e. The van der Waals surface area contributed by atoms with E-state index < -0.39 is 0 Å². The molecule has 0 saturated carbocycles. The van der Waals surface area contributed by atoms with Crippen molar-refractivity contribution < 1.29 is 19.0 Å². The quantitative estimate of drug-likeness (QED) is 0.359. The Morgan fingerprint density at radius 2 is 1.79 bits per heavy atom. The largest absolute Gasteiger partial charge is 0.497 e. The Bertz CT molecular complexity index is 814. The lowest BCUT2D eigenvalue weighted by Crippen LogP contribution is -2.14. The van der Waals surface area contributed by atoms with Crippen LogP contribution in [0.1, 0.15) is 52.4 Å². The average molecular weight is 407 g/mol. The summed E-state index contributed by atoms with van der Waals surface area (Å²) >= 11 is 1.19. The van der Waals surface area contributed by atoms with Gasteiger partial charge >= 0.3 is 5.97 Å². The zero-order chi connectivity index (χ0) is 20.4. The number of carbonyl (C=O) groups is 1. The van der Waals surface area contributed by atoms with Gasteiger partial charge in [0.15, 0.2) is 0 Å². The second-order valence-electron chi connectivity index (χ2n) is 6.88. The summed E-state index contributed by atoms with van der Waals surface area (Å²) in [6, 6.07) is 7.23. The molecule has 0 N–H and O–H groups in total. The monoisotopic (exact) mass is 406 g/mol. The number of ether oxygens (including phenoxy) is 3. The minimum absolute atomic E-state index is 0.0114. The minimum atomic E-state index is -0.0951. The van der Waals surface area contributed by atoms with Crippen molar-refractivity contribution in [3.8, 4) is 11.5 Å². The van der Waals surface area contributed by atoms with Crippen molar-refractivity contribution in [1.82, 2.24) is 0 Å². The van der Waals surface area contributed by atoms with Crippen LogP contribution in [0, 0.1) is 5.92 Å². The van der Waals surface area contributed by atoms with Crippen molar-refractivity contribution in [3.63, 3.8) is 0 Å². The molecule has 1 heterocycles. The van der Waals surface area contributed by atoms with Gasteiger partial charge < -0.3 is 14.2 Å². The van der Waals surface area contributed by atoms with Gasteiger partial charge in [0.05, 0.1) is 26.2 Å². The maximum Gasteiger partial charge on any atom is 0.308 e. The van der Waals surface area contributed by atoms with Crippen LogP contribution < -0.4 is 14.2 Å². The molecule has 1 aromatic carbocycles. The molecule has 154 valence electrons. The Kier molecular flexibility index (Phi) is 9.28. The first-order valence-electron chi connectivity index (χ1n) is 9.96. The summed E-state index contributed by atoms with van der Waals surface area (Å²) in [5, 5.41) is 0.938. The van der Waals surface area contributed by atoms with Crippen LogP contribution in [0.4, 0.5) is 0 Å². The molecule has 6 heteroatoms. The van der Waals surface area contributed by atoms with Crippen LogP contribution in [0.3, 0.4) is 0 Å². The van der Waals surface area contributed by atoms with Gasteiger partial charge in [-0.2, -0.15) is 0 Å². The van der Waals surface area contributed by atoms with E-state index in [2.05, 4.69) is 0 Å². The van der Waals surface area contributed by atoms with Crippen molar-refractivity contribution >= 4 is 27.4 Å². The molecule has 2 rings (SSSR count). The highest BCUT2D eigenvalue weighted by atomic mass is 32.1. The van der Waals surface area contributed by atoms with Gasteiger partial charge in [0.1, 0.15) is 11.5 Å². The number of fused-ring (bicyclic) bond motifs is 1. The molecule has 1 atom stereocenters. The van der Waals surface area contributed by atoms with Crippen molar-refractivity contribution in [3.05, 3.63) is 33.8 Å². The van der Waals surface area contributed by atoms with Crippen molar-refractivity contribution in [2.45, 2.75) is 52.4 Å². The van der Waals surface area contributed by atoms with E-state index >= 15 is 0 Å². The lowest BCUT2D eigenvalue weighted by atomic mass is 10.1. The fourth-order valence-electron chi connectivity index (χ4n) is 2.76. The van der Waals surface area contributed by atoms with E-state index in [9.17, 15) is 9.59 Å². The fraction of sp³-hybridized carbons (Fsp3) is 0.545. The Hall–Kier alpha value is -2.08. The summed E-state index contributed by atoms with van der Waals surface area (Å²) in [7, 11) is 1.61. The molecular weight excluding hydrogens is 376 g/mol. The molecule has 0 aliphatic rings. The second-order valence-corrected chi connectivity index (χ2v) is 7.93. The molecule has 28 heavy (non-hydrogen) atoms. The van der Waals surface area contributed by atoms with Crippen LogP contribution in [0.15, 0.2) is 29.1 Å². The predicted molar refractivity (Wildman–Crippen MR) is 114 cm³/mol. The molecular formula is C22H30O5S. The summed E-state index contributed by atoms with van der Waals surface area (Å²) in [5.41, 5.74) is 0. The predicted octanol–water partition coefficient (Wildman–Crippen LogP) is 5.19. The van der Waals surface area contributed by atoms with Crippen LogP contribution in [0.2, 0.25) is 0 Å². The molecule has 0 spiro atoms. The van der Waals surface area contributed by atoms with E-state index in [1.165, 1.54) is 11.3 Å². The van der Waals surface area contributed by atoms with Gasteiger partial charge in [-0.1, -0.05) is 44.4 Å². The highest BCUT2D eigenvalue weighted by Crippen LogP contribution is 2.29. The van der Waals surface area contributed by atoms with Crippen molar-refractivity contribution in [2.24, 2.45) is 5.92 Å². The van der Waals surface area contributed by atoms with Crippen LogP contribution in [0.25, 0.3) is 10.1 Å². The summed E-state index contributed by atoms with van der Waals surface area (Å²) in [5.74, 6) is 1.26. The van der Waals surface area contributed by atoms with Gasteiger partial charge in [0, 0.05) is 16.2 Å². The molecule has 0 bridgehead atoms. The molecule has 2 aromatic rings. The van der Waals surface area contributed by atoms with E-state index in [1.54, 1.807) is 13.2 Å².